The van der Waals surface area contributed by atoms with Crippen molar-refractivity contribution in [1.29, 1.82) is 0 Å². The van der Waals surface area contributed by atoms with Gasteiger partial charge < -0.3 is 9.84 Å². The molecular formula is C15H22O2. The first-order valence-electron chi connectivity index (χ1n) is 5.92. The molecule has 0 saturated heterocycles. The molecule has 0 unspecified atom stereocenters. The van der Waals surface area contributed by atoms with E-state index in [1.807, 2.05) is 41.5 Å². The summed E-state index contributed by atoms with van der Waals surface area (Å²) < 4.78 is 5.88. The van der Waals surface area contributed by atoms with E-state index >= 15 is 0 Å². The number of rotatable bonds is 3. The lowest BCUT2D eigenvalue weighted by Gasteiger charge is -2.21. The quantitative estimate of drug-likeness (QED) is 0.851. The number of benzene rings is 1. The van der Waals surface area contributed by atoms with Crippen LogP contribution < -0.4 is 4.74 Å². The Hall–Kier alpha value is -1.44. The molecule has 0 aromatic heterocycles. The molecule has 0 aliphatic heterocycles. The number of allylic oxidation sites excluding steroid dienone is 1. The highest BCUT2D eigenvalue weighted by molar-refractivity contribution is 5.75. The molecule has 0 bridgehead atoms. The summed E-state index contributed by atoms with van der Waals surface area (Å²) in [5.41, 5.74) is 4.55. The monoisotopic (exact) mass is 234 g/mol. The minimum absolute atomic E-state index is 0.107. The average Bonchev–Trinajstić information content (AvgIpc) is 2.22. The van der Waals surface area contributed by atoms with E-state index in [4.69, 9.17) is 4.74 Å². The van der Waals surface area contributed by atoms with Gasteiger partial charge >= 0.3 is 0 Å². The maximum absolute atomic E-state index is 10.1. The summed E-state index contributed by atoms with van der Waals surface area (Å²) in [6.45, 7) is 15.7. The summed E-state index contributed by atoms with van der Waals surface area (Å²) in [5.74, 6) is 1.19. The van der Waals surface area contributed by atoms with Crippen molar-refractivity contribution in [2.75, 3.05) is 0 Å². The summed E-state index contributed by atoms with van der Waals surface area (Å²) in [7, 11) is 0. The van der Waals surface area contributed by atoms with Crippen LogP contribution in [0.2, 0.25) is 0 Å². The third kappa shape index (κ3) is 2.46. The van der Waals surface area contributed by atoms with Gasteiger partial charge in [-0.2, -0.15) is 0 Å². The molecule has 0 heterocycles. The third-order valence-corrected chi connectivity index (χ3v) is 3.00. The van der Waals surface area contributed by atoms with Crippen LogP contribution in [0.3, 0.4) is 0 Å². The Balaban J connectivity index is 3.59. The molecule has 0 spiro atoms. The van der Waals surface area contributed by atoms with Gasteiger partial charge in [-0.05, 0) is 58.2 Å². The van der Waals surface area contributed by atoms with Gasteiger partial charge in [-0.1, -0.05) is 6.58 Å². The standard InChI is InChI=1S/C15H22O2/c1-8(2)13-12(7)14(16)10(5)11(6)15(13)17-9(3)4/h9,16H,1H2,2-7H3. The highest BCUT2D eigenvalue weighted by atomic mass is 16.5. The van der Waals surface area contributed by atoms with Crippen molar-refractivity contribution in [3.8, 4) is 11.5 Å². The molecule has 0 aliphatic rings. The summed E-state index contributed by atoms with van der Waals surface area (Å²) in [5, 5.41) is 10.1. The molecule has 0 radical (unpaired) electrons. The van der Waals surface area contributed by atoms with Crippen molar-refractivity contribution in [3.63, 3.8) is 0 Å². The second-order valence-electron chi connectivity index (χ2n) is 4.87. The lowest BCUT2D eigenvalue weighted by Crippen LogP contribution is -2.10. The van der Waals surface area contributed by atoms with E-state index in [1.165, 1.54) is 0 Å². The van der Waals surface area contributed by atoms with Crippen molar-refractivity contribution >= 4 is 5.57 Å². The first kappa shape index (κ1) is 13.6. The van der Waals surface area contributed by atoms with E-state index < -0.39 is 0 Å². The molecule has 0 amide bonds. The normalized spacial score (nSPS) is 10.8. The van der Waals surface area contributed by atoms with E-state index in [9.17, 15) is 5.11 Å². The predicted molar refractivity (Wildman–Crippen MR) is 72.8 cm³/mol. The average molecular weight is 234 g/mol. The fourth-order valence-electron chi connectivity index (χ4n) is 2.00. The molecule has 1 N–H and O–H groups in total. The second kappa shape index (κ2) is 4.82. The molecule has 17 heavy (non-hydrogen) atoms. The van der Waals surface area contributed by atoms with Gasteiger partial charge in [0.2, 0.25) is 0 Å². The van der Waals surface area contributed by atoms with Gasteiger partial charge in [0.25, 0.3) is 0 Å². The molecular weight excluding hydrogens is 212 g/mol. The highest BCUT2D eigenvalue weighted by Crippen LogP contribution is 2.40. The molecule has 2 nitrogen and oxygen atoms in total. The zero-order valence-corrected chi connectivity index (χ0v) is 11.6. The molecule has 0 aliphatic carbocycles. The van der Waals surface area contributed by atoms with Gasteiger partial charge in [0, 0.05) is 11.1 Å². The van der Waals surface area contributed by atoms with Gasteiger partial charge in [-0.3, -0.25) is 0 Å². The lowest BCUT2D eigenvalue weighted by atomic mass is 9.94. The minimum Gasteiger partial charge on any atom is -0.507 e. The number of phenols is 1. The molecule has 94 valence electrons. The number of hydrogen-bond acceptors (Lipinski definition) is 2. The van der Waals surface area contributed by atoms with Crippen molar-refractivity contribution < 1.29 is 9.84 Å². The Bertz CT molecular complexity index is 457. The first-order valence-corrected chi connectivity index (χ1v) is 5.92. The van der Waals surface area contributed by atoms with Gasteiger partial charge in [0.05, 0.1) is 6.10 Å². The zero-order valence-electron chi connectivity index (χ0n) is 11.6. The van der Waals surface area contributed by atoms with Crippen molar-refractivity contribution in [2.24, 2.45) is 0 Å². The van der Waals surface area contributed by atoms with Gasteiger partial charge in [0.1, 0.15) is 11.5 Å². The highest BCUT2D eigenvalue weighted by Gasteiger charge is 2.19. The Morgan fingerprint density at radius 2 is 1.65 bits per heavy atom. The maximum atomic E-state index is 10.1. The Morgan fingerprint density at radius 1 is 1.12 bits per heavy atom. The summed E-state index contributed by atoms with van der Waals surface area (Å²) in [6.07, 6.45) is 0.107. The van der Waals surface area contributed by atoms with Crippen molar-refractivity contribution in [2.45, 2.75) is 47.6 Å². The first-order chi connectivity index (χ1) is 7.77. The van der Waals surface area contributed by atoms with Crippen LogP contribution in [0.4, 0.5) is 0 Å². The zero-order chi connectivity index (χ0) is 13.3. The largest absolute Gasteiger partial charge is 0.507 e. The fraction of sp³-hybridized carbons (Fsp3) is 0.467. The van der Waals surface area contributed by atoms with E-state index in [0.717, 1.165) is 33.6 Å². The van der Waals surface area contributed by atoms with E-state index in [1.54, 1.807) is 0 Å². The van der Waals surface area contributed by atoms with Crippen molar-refractivity contribution in [1.82, 2.24) is 0 Å². The third-order valence-electron chi connectivity index (χ3n) is 3.00. The minimum atomic E-state index is 0.107. The van der Waals surface area contributed by atoms with E-state index in [2.05, 4.69) is 6.58 Å². The number of ether oxygens (including phenoxy) is 1. The SMILES string of the molecule is C=C(C)c1c(C)c(O)c(C)c(C)c1OC(C)C. The smallest absolute Gasteiger partial charge is 0.130 e. The van der Waals surface area contributed by atoms with Crippen LogP contribution in [0.25, 0.3) is 5.57 Å². The van der Waals surface area contributed by atoms with Crippen LogP contribution in [-0.2, 0) is 0 Å². The Labute approximate surface area is 104 Å². The van der Waals surface area contributed by atoms with Crippen LogP contribution in [-0.4, -0.2) is 11.2 Å². The lowest BCUT2D eigenvalue weighted by molar-refractivity contribution is 0.239. The van der Waals surface area contributed by atoms with Gasteiger partial charge in [-0.25, -0.2) is 0 Å². The molecule has 0 saturated carbocycles. The molecule has 0 atom stereocenters. The maximum Gasteiger partial charge on any atom is 0.130 e. The van der Waals surface area contributed by atoms with Crippen molar-refractivity contribution in [3.05, 3.63) is 28.8 Å². The molecule has 2 heteroatoms. The second-order valence-corrected chi connectivity index (χ2v) is 4.87. The molecule has 0 fully saturated rings. The Morgan fingerprint density at radius 3 is 2.06 bits per heavy atom. The van der Waals surface area contributed by atoms with E-state index in [-0.39, 0.29) is 6.10 Å². The number of phenolic OH excluding ortho intramolecular Hbond substituents is 1. The predicted octanol–water partition coefficient (Wildman–Crippen LogP) is 4.14. The fourth-order valence-corrected chi connectivity index (χ4v) is 2.00. The van der Waals surface area contributed by atoms with Crippen LogP contribution in [0.1, 0.15) is 43.0 Å². The van der Waals surface area contributed by atoms with Crippen LogP contribution in [0, 0.1) is 20.8 Å². The summed E-state index contributed by atoms with van der Waals surface area (Å²) in [4.78, 5) is 0. The topological polar surface area (TPSA) is 29.5 Å². The van der Waals surface area contributed by atoms with Crippen LogP contribution in [0.15, 0.2) is 6.58 Å². The van der Waals surface area contributed by atoms with E-state index in [0.29, 0.717) is 5.75 Å². The molecule has 1 aromatic carbocycles. The van der Waals surface area contributed by atoms with Gasteiger partial charge in [-0.15, -0.1) is 0 Å². The number of aromatic hydroxyl groups is 1. The van der Waals surface area contributed by atoms with Gasteiger partial charge in [0.15, 0.2) is 0 Å². The summed E-state index contributed by atoms with van der Waals surface area (Å²) in [6, 6.07) is 0. The molecule has 1 rings (SSSR count). The Kier molecular flexibility index (Phi) is 3.87. The van der Waals surface area contributed by atoms with Crippen LogP contribution in [0.5, 0.6) is 11.5 Å². The van der Waals surface area contributed by atoms with Crippen LogP contribution >= 0.6 is 0 Å². The number of hydrogen-bond donors (Lipinski definition) is 1. The molecule has 1 aromatic rings. The summed E-state index contributed by atoms with van der Waals surface area (Å²) >= 11 is 0.